The van der Waals surface area contributed by atoms with Crippen molar-refractivity contribution in [1.82, 2.24) is 10.5 Å². The number of para-hydroxylation sites is 1. The molecule has 0 aliphatic carbocycles. The van der Waals surface area contributed by atoms with Crippen LogP contribution in [0.5, 0.6) is 11.5 Å². The van der Waals surface area contributed by atoms with Crippen molar-refractivity contribution in [2.45, 2.75) is 6.61 Å². The molecule has 2 amide bonds. The van der Waals surface area contributed by atoms with Gasteiger partial charge in [0.25, 0.3) is 11.8 Å². The number of benzene rings is 2. The predicted octanol–water partition coefficient (Wildman–Crippen LogP) is 3.43. The minimum atomic E-state index is -0.347. The van der Waals surface area contributed by atoms with E-state index < -0.39 is 0 Å². The summed E-state index contributed by atoms with van der Waals surface area (Å²) >= 11 is 0. The number of nitrogens with zero attached hydrogens (tertiary/aromatic N) is 1. The van der Waals surface area contributed by atoms with Crippen molar-refractivity contribution in [3.63, 3.8) is 0 Å². The average molecular weight is 407 g/mol. The monoisotopic (exact) mass is 407 g/mol. The Labute approximate surface area is 173 Å². The fourth-order valence-electron chi connectivity index (χ4n) is 2.56. The Bertz CT molecular complexity index is 1030. The summed E-state index contributed by atoms with van der Waals surface area (Å²) in [4.78, 5) is 24.2. The first-order chi connectivity index (χ1) is 14.6. The zero-order valence-electron chi connectivity index (χ0n) is 16.4. The Morgan fingerprint density at radius 3 is 2.63 bits per heavy atom. The van der Waals surface area contributed by atoms with Crippen LogP contribution in [-0.2, 0) is 6.61 Å². The molecule has 3 aromatic rings. The van der Waals surface area contributed by atoms with Crippen molar-refractivity contribution in [3.8, 4) is 11.5 Å². The highest BCUT2D eigenvalue weighted by Crippen LogP contribution is 2.21. The third kappa shape index (κ3) is 5.26. The highest BCUT2D eigenvalue weighted by atomic mass is 16.5. The predicted molar refractivity (Wildman–Crippen MR) is 111 cm³/mol. The molecule has 2 aromatic carbocycles. The fraction of sp³-hybridized carbons (Fsp3) is 0.136. The van der Waals surface area contributed by atoms with Crippen molar-refractivity contribution in [2.75, 3.05) is 19.0 Å². The molecule has 1 heterocycles. The number of rotatable bonds is 9. The molecule has 3 rings (SSSR count). The Kier molecular flexibility index (Phi) is 6.83. The minimum Gasteiger partial charge on any atom is -0.496 e. The number of nitrogens with one attached hydrogen (secondary N) is 2. The van der Waals surface area contributed by atoms with Crippen LogP contribution in [0.3, 0.4) is 0 Å². The maximum absolute atomic E-state index is 12.4. The molecule has 2 N–H and O–H groups in total. The summed E-state index contributed by atoms with van der Waals surface area (Å²) in [6.45, 7) is 3.98. The molecule has 8 nitrogen and oxygen atoms in total. The van der Waals surface area contributed by atoms with Crippen molar-refractivity contribution in [3.05, 3.63) is 84.3 Å². The van der Waals surface area contributed by atoms with Gasteiger partial charge in [-0.05, 0) is 36.4 Å². The van der Waals surface area contributed by atoms with Gasteiger partial charge in [0.2, 0.25) is 0 Å². The van der Waals surface area contributed by atoms with E-state index in [1.54, 1.807) is 54.6 Å². The number of carbonyl (C=O) groups is 2. The van der Waals surface area contributed by atoms with Gasteiger partial charge in [-0.3, -0.25) is 9.59 Å². The molecule has 0 radical (unpaired) electrons. The number of methoxy groups -OCH3 is 1. The van der Waals surface area contributed by atoms with Gasteiger partial charge in [0.05, 0.1) is 12.7 Å². The first-order valence-electron chi connectivity index (χ1n) is 9.12. The molecule has 0 spiro atoms. The van der Waals surface area contributed by atoms with Crippen LogP contribution in [0.15, 0.2) is 71.8 Å². The normalized spacial score (nSPS) is 10.2. The van der Waals surface area contributed by atoms with Crippen LogP contribution in [0.1, 0.15) is 26.6 Å². The highest BCUT2D eigenvalue weighted by molar-refractivity contribution is 6.06. The first-order valence-corrected chi connectivity index (χ1v) is 9.12. The number of hydrogen-bond donors (Lipinski definition) is 2. The topological polar surface area (TPSA) is 103 Å². The molecular formula is C22H21N3O5. The Morgan fingerprint density at radius 1 is 1.13 bits per heavy atom. The number of carbonyl (C=O) groups excluding carboxylic acids is 2. The van der Waals surface area contributed by atoms with E-state index in [1.807, 2.05) is 0 Å². The van der Waals surface area contributed by atoms with Crippen LogP contribution >= 0.6 is 0 Å². The van der Waals surface area contributed by atoms with Gasteiger partial charge in [0, 0.05) is 18.3 Å². The van der Waals surface area contributed by atoms with E-state index >= 15 is 0 Å². The van der Waals surface area contributed by atoms with Crippen LogP contribution in [0.4, 0.5) is 5.69 Å². The third-order valence-electron chi connectivity index (χ3n) is 4.04. The molecule has 0 unspecified atom stereocenters. The van der Waals surface area contributed by atoms with E-state index in [1.165, 1.54) is 13.2 Å². The standard InChI is InChI=1S/C22H21N3O5/c1-3-12-23-22(27)19-13-17(30-25-19)14-29-16-10-8-15(9-11-16)24-21(26)18-6-4-5-7-20(18)28-2/h3-11,13H,1,12,14H2,2H3,(H,23,27)(H,24,26). The van der Waals surface area contributed by atoms with Gasteiger partial charge in [-0.1, -0.05) is 23.4 Å². The molecular weight excluding hydrogens is 386 g/mol. The summed E-state index contributed by atoms with van der Waals surface area (Å²) in [6, 6.07) is 15.4. The summed E-state index contributed by atoms with van der Waals surface area (Å²) in [6.07, 6.45) is 1.57. The van der Waals surface area contributed by atoms with Crippen LogP contribution < -0.4 is 20.1 Å². The van der Waals surface area contributed by atoms with Crippen molar-refractivity contribution in [1.29, 1.82) is 0 Å². The molecule has 0 saturated carbocycles. The van der Waals surface area contributed by atoms with Crippen LogP contribution in [0, 0.1) is 0 Å². The summed E-state index contributed by atoms with van der Waals surface area (Å²) in [5, 5.41) is 9.14. The molecule has 1 aromatic heterocycles. The second-order valence-electron chi connectivity index (χ2n) is 6.14. The molecule has 154 valence electrons. The first kappa shape index (κ1) is 20.7. The molecule has 0 bridgehead atoms. The maximum Gasteiger partial charge on any atom is 0.273 e. The van der Waals surface area contributed by atoms with Crippen LogP contribution in [0.25, 0.3) is 0 Å². The number of aromatic nitrogens is 1. The van der Waals surface area contributed by atoms with Gasteiger partial charge in [0.15, 0.2) is 11.5 Å². The summed E-state index contributed by atoms with van der Waals surface area (Å²) in [5.41, 5.74) is 1.22. The number of ether oxygens (including phenoxy) is 2. The zero-order valence-corrected chi connectivity index (χ0v) is 16.4. The van der Waals surface area contributed by atoms with Crippen molar-refractivity contribution >= 4 is 17.5 Å². The van der Waals surface area contributed by atoms with Gasteiger partial charge >= 0.3 is 0 Å². The summed E-state index contributed by atoms with van der Waals surface area (Å²) < 4.78 is 15.9. The van der Waals surface area contributed by atoms with Gasteiger partial charge in [0.1, 0.15) is 18.1 Å². The quantitative estimate of drug-likeness (QED) is 0.527. The molecule has 0 atom stereocenters. The van der Waals surface area contributed by atoms with Crippen molar-refractivity contribution < 1.29 is 23.6 Å². The van der Waals surface area contributed by atoms with Crippen molar-refractivity contribution in [2.24, 2.45) is 0 Å². The molecule has 30 heavy (non-hydrogen) atoms. The second kappa shape index (κ2) is 9.92. The molecule has 8 heteroatoms. The zero-order chi connectivity index (χ0) is 21.3. The van der Waals surface area contributed by atoms with Crippen LogP contribution in [-0.4, -0.2) is 30.6 Å². The van der Waals surface area contributed by atoms with Gasteiger partial charge in [-0.2, -0.15) is 0 Å². The minimum absolute atomic E-state index is 0.106. The van der Waals surface area contributed by atoms with E-state index in [0.29, 0.717) is 35.1 Å². The largest absolute Gasteiger partial charge is 0.496 e. The highest BCUT2D eigenvalue weighted by Gasteiger charge is 2.13. The Morgan fingerprint density at radius 2 is 1.90 bits per heavy atom. The summed E-state index contributed by atoms with van der Waals surface area (Å²) in [7, 11) is 1.52. The second-order valence-corrected chi connectivity index (χ2v) is 6.14. The van der Waals surface area contributed by atoms with E-state index in [4.69, 9.17) is 14.0 Å². The fourth-order valence-corrected chi connectivity index (χ4v) is 2.56. The molecule has 0 saturated heterocycles. The lowest BCUT2D eigenvalue weighted by atomic mass is 10.2. The lowest BCUT2D eigenvalue weighted by molar-refractivity contribution is 0.0947. The number of hydrogen-bond acceptors (Lipinski definition) is 6. The van der Waals surface area contributed by atoms with E-state index in [2.05, 4.69) is 22.4 Å². The average Bonchev–Trinajstić information content (AvgIpc) is 3.26. The Hall–Kier alpha value is -4.07. The van der Waals surface area contributed by atoms with E-state index in [-0.39, 0.29) is 24.1 Å². The smallest absolute Gasteiger partial charge is 0.273 e. The van der Waals surface area contributed by atoms with Gasteiger partial charge in [-0.15, -0.1) is 6.58 Å². The lowest BCUT2D eigenvalue weighted by Gasteiger charge is -2.10. The van der Waals surface area contributed by atoms with E-state index in [0.717, 1.165) is 0 Å². The number of amides is 2. The van der Waals surface area contributed by atoms with Gasteiger partial charge < -0.3 is 24.6 Å². The molecule has 0 fully saturated rings. The molecule has 0 aliphatic rings. The SMILES string of the molecule is C=CCNC(=O)c1cc(COc2ccc(NC(=O)c3ccccc3OC)cc2)on1. The van der Waals surface area contributed by atoms with Gasteiger partial charge in [-0.25, -0.2) is 0 Å². The van der Waals surface area contributed by atoms with E-state index in [9.17, 15) is 9.59 Å². The molecule has 0 aliphatic heterocycles. The maximum atomic E-state index is 12.4. The lowest BCUT2D eigenvalue weighted by Crippen LogP contribution is -2.23. The van der Waals surface area contributed by atoms with Crippen LogP contribution in [0.2, 0.25) is 0 Å². The third-order valence-corrected chi connectivity index (χ3v) is 4.04. The number of anilines is 1. The Balaban J connectivity index is 1.55. The summed E-state index contributed by atoms with van der Waals surface area (Å²) in [5.74, 6) is 0.858.